The molecule has 0 unspecified atom stereocenters. The van der Waals surface area contributed by atoms with Crippen molar-refractivity contribution in [2.24, 2.45) is 0 Å². The molecule has 5 rings (SSSR count). The minimum Gasteiger partial charge on any atom is -0.512 e. The van der Waals surface area contributed by atoms with Gasteiger partial charge in [-0.3, -0.25) is 9.78 Å². The van der Waals surface area contributed by atoms with Gasteiger partial charge in [0.05, 0.1) is 5.76 Å². The Balaban J connectivity index is 0.000000318. The summed E-state index contributed by atoms with van der Waals surface area (Å²) in [5, 5.41) is 13.3. The van der Waals surface area contributed by atoms with Crippen LogP contribution in [-0.2, 0) is 24.9 Å². The van der Waals surface area contributed by atoms with Crippen molar-refractivity contribution >= 4 is 48.2 Å². The van der Waals surface area contributed by atoms with E-state index in [0.717, 1.165) is 21.5 Å². The Labute approximate surface area is 204 Å². The monoisotopic (exact) mass is 617 g/mol. The summed E-state index contributed by atoms with van der Waals surface area (Å²) >= 11 is 1.76. The number of aliphatic hydroxyl groups is 1. The number of carbonyl (C=O) groups excluding carboxylic acids is 1. The van der Waals surface area contributed by atoms with Crippen LogP contribution >= 0.6 is 11.3 Å². The van der Waals surface area contributed by atoms with Crippen LogP contribution in [-0.4, -0.2) is 15.9 Å². The van der Waals surface area contributed by atoms with E-state index in [0.29, 0.717) is 0 Å². The average molecular weight is 617 g/mol. The van der Waals surface area contributed by atoms with E-state index in [4.69, 9.17) is 10.1 Å². The molecule has 2 aromatic heterocycles. The fourth-order valence-corrected chi connectivity index (χ4v) is 4.76. The maximum Gasteiger partial charge on any atom is 0.155 e. The molecule has 1 N–H and O–H groups in total. The first-order valence-corrected chi connectivity index (χ1v) is 10.8. The molecule has 32 heavy (non-hydrogen) atoms. The van der Waals surface area contributed by atoms with E-state index in [1.807, 2.05) is 0 Å². The van der Waals surface area contributed by atoms with Crippen LogP contribution in [0.2, 0.25) is 0 Å². The molecule has 1 radical (unpaired) electrons. The van der Waals surface area contributed by atoms with Gasteiger partial charge in [0.15, 0.2) is 5.78 Å². The van der Waals surface area contributed by atoms with Crippen LogP contribution in [0.3, 0.4) is 0 Å². The molecule has 0 saturated carbocycles. The Bertz CT molecular complexity index is 1450. The zero-order valence-electron chi connectivity index (χ0n) is 18.0. The molecule has 0 amide bonds. The number of ketones is 1. The van der Waals surface area contributed by atoms with Gasteiger partial charge in [0.25, 0.3) is 0 Å². The van der Waals surface area contributed by atoms with Gasteiger partial charge in [-0.2, -0.15) is 0 Å². The number of benzene rings is 3. The van der Waals surface area contributed by atoms with Crippen LogP contribution in [0.15, 0.2) is 78.6 Å². The number of thiophene rings is 1. The van der Waals surface area contributed by atoms with E-state index >= 15 is 0 Å². The predicted molar refractivity (Wildman–Crippen MR) is 131 cm³/mol. The normalized spacial score (nSPS) is 11.2. The first-order valence-electron chi connectivity index (χ1n) is 10.0. The zero-order chi connectivity index (χ0) is 22.0. The summed E-state index contributed by atoms with van der Waals surface area (Å²) in [6.45, 7) is 5.02. The molecule has 0 saturated heterocycles. The summed E-state index contributed by atoms with van der Waals surface area (Å²) in [6.07, 6.45) is 1.17. The number of allylic oxidation sites excluding steroid dienone is 2. The molecule has 0 aliphatic heterocycles. The van der Waals surface area contributed by atoms with Gasteiger partial charge in [0, 0.05) is 47.3 Å². The summed E-state index contributed by atoms with van der Waals surface area (Å²) in [4.78, 5) is 16.1. The molecule has 3 nitrogen and oxygen atoms in total. The molecular weight excluding hydrogens is 595 g/mol. The number of aryl methyl sites for hydroxylation is 1. The summed E-state index contributed by atoms with van der Waals surface area (Å²) in [6, 6.07) is 26.8. The third kappa shape index (κ3) is 5.13. The van der Waals surface area contributed by atoms with E-state index in [-0.39, 0.29) is 31.6 Å². The van der Waals surface area contributed by atoms with Gasteiger partial charge < -0.3 is 5.11 Å². The van der Waals surface area contributed by atoms with Crippen LogP contribution in [0, 0.1) is 13.0 Å². The fourth-order valence-electron chi connectivity index (χ4n) is 3.61. The van der Waals surface area contributed by atoms with Gasteiger partial charge in [-0.25, -0.2) is 0 Å². The second-order valence-electron chi connectivity index (χ2n) is 7.46. The molecule has 0 aliphatic rings. The van der Waals surface area contributed by atoms with Crippen LogP contribution in [0.25, 0.3) is 42.3 Å². The second kappa shape index (κ2) is 10.2. The molecule has 0 spiro atoms. The number of hydrogen-bond donors (Lipinski definition) is 1. The molecule has 0 aliphatic carbocycles. The molecular formula is C27H22IrNO2S-. The van der Waals surface area contributed by atoms with E-state index in [2.05, 4.69) is 79.7 Å². The minimum atomic E-state index is -0.125. The molecule has 163 valence electrons. The number of carbonyl (C=O) groups is 1. The third-order valence-corrected chi connectivity index (χ3v) is 5.96. The van der Waals surface area contributed by atoms with Crippen molar-refractivity contribution in [1.82, 2.24) is 4.98 Å². The third-order valence-electron chi connectivity index (χ3n) is 4.89. The standard InChI is InChI=1S/C22H14NS.C5H8O2.Ir/c1-14-12-19(17-11-10-15-6-2-3-7-16(15)13-17)23-22-21(14)18-8-4-5-9-20(18)24-22;1-4(6)3-5(2)7;/h2-12H,1H3;3,6H,1-2H3;/q-1;;/b;4-3-;. The molecule has 0 bridgehead atoms. The molecule has 3 aromatic carbocycles. The van der Waals surface area contributed by atoms with Crippen molar-refractivity contribution in [2.75, 3.05) is 0 Å². The SMILES string of the molecule is CC(=O)/C=C(/C)O.Cc1cc(-c2[c-]c3ccccc3cc2)nc2sc3ccccc3c12.[Ir]. The van der Waals surface area contributed by atoms with Crippen LogP contribution < -0.4 is 0 Å². The molecule has 5 heteroatoms. The molecule has 2 heterocycles. The van der Waals surface area contributed by atoms with E-state index < -0.39 is 0 Å². The van der Waals surface area contributed by atoms with Gasteiger partial charge in [-0.15, -0.1) is 41.0 Å². The molecule has 0 atom stereocenters. The molecule has 5 aromatic rings. The maximum absolute atomic E-state index is 10.0. The quantitative estimate of drug-likeness (QED) is 0.128. The van der Waals surface area contributed by atoms with Gasteiger partial charge >= 0.3 is 0 Å². The number of pyridine rings is 1. The predicted octanol–water partition coefficient (Wildman–Crippen LogP) is 7.41. The fraction of sp³-hybridized carbons (Fsp3) is 0.111. The van der Waals surface area contributed by atoms with Crippen LogP contribution in [0.4, 0.5) is 0 Å². The number of nitrogens with zero attached hydrogens (tertiary/aromatic N) is 1. The summed E-state index contributed by atoms with van der Waals surface area (Å²) in [5.74, 6) is -0.0625. The smallest absolute Gasteiger partial charge is 0.155 e. The number of hydrogen-bond acceptors (Lipinski definition) is 4. The van der Waals surface area contributed by atoms with Gasteiger partial charge in [0.2, 0.25) is 0 Å². The number of aliphatic hydroxyl groups excluding tert-OH is 1. The van der Waals surface area contributed by atoms with Crippen molar-refractivity contribution in [3.8, 4) is 11.3 Å². The van der Waals surface area contributed by atoms with Gasteiger partial charge in [0.1, 0.15) is 4.83 Å². The summed E-state index contributed by atoms with van der Waals surface area (Å²) in [5.41, 5.74) is 3.32. The van der Waals surface area contributed by atoms with Crippen molar-refractivity contribution in [3.05, 3.63) is 90.2 Å². The largest absolute Gasteiger partial charge is 0.512 e. The molecule has 0 fully saturated rings. The zero-order valence-corrected chi connectivity index (χ0v) is 21.2. The summed E-state index contributed by atoms with van der Waals surface area (Å²) < 4.78 is 1.29. The van der Waals surface area contributed by atoms with Gasteiger partial charge in [-0.1, -0.05) is 53.4 Å². The summed E-state index contributed by atoms with van der Waals surface area (Å²) in [7, 11) is 0. The first-order chi connectivity index (χ1) is 14.9. The maximum atomic E-state index is 10.0. The van der Waals surface area contributed by atoms with Gasteiger partial charge in [-0.05, 0) is 32.4 Å². The van der Waals surface area contributed by atoms with E-state index in [9.17, 15) is 4.79 Å². The Morgan fingerprint density at radius 1 is 1.03 bits per heavy atom. The average Bonchev–Trinajstić information content (AvgIpc) is 3.12. The van der Waals surface area contributed by atoms with E-state index in [1.54, 1.807) is 11.3 Å². The van der Waals surface area contributed by atoms with Crippen molar-refractivity contribution in [3.63, 3.8) is 0 Å². The Kier molecular flexibility index (Phi) is 7.57. The number of rotatable bonds is 2. The first kappa shape index (κ1) is 23.8. The minimum absolute atomic E-state index is 0. The van der Waals surface area contributed by atoms with Crippen LogP contribution in [0.5, 0.6) is 0 Å². The topological polar surface area (TPSA) is 50.2 Å². The van der Waals surface area contributed by atoms with Crippen molar-refractivity contribution < 1.29 is 30.0 Å². The Morgan fingerprint density at radius 3 is 2.47 bits per heavy atom. The van der Waals surface area contributed by atoms with Crippen molar-refractivity contribution in [1.29, 1.82) is 0 Å². The van der Waals surface area contributed by atoms with E-state index in [1.165, 1.54) is 46.3 Å². The number of aromatic nitrogens is 1. The Morgan fingerprint density at radius 2 is 1.75 bits per heavy atom. The van der Waals surface area contributed by atoms with Crippen molar-refractivity contribution in [2.45, 2.75) is 20.8 Å². The number of fused-ring (bicyclic) bond motifs is 4. The Hall–Kier alpha value is -2.85. The second-order valence-corrected chi connectivity index (χ2v) is 8.49. The van der Waals surface area contributed by atoms with Crippen LogP contribution in [0.1, 0.15) is 19.4 Å².